The number of aromatic nitrogens is 2. The molecule has 0 bridgehead atoms. The van der Waals surface area contributed by atoms with Gasteiger partial charge >= 0.3 is 0 Å². The fourth-order valence-electron chi connectivity index (χ4n) is 3.53. The van der Waals surface area contributed by atoms with Gasteiger partial charge in [-0.3, -0.25) is 4.79 Å². The third-order valence-electron chi connectivity index (χ3n) is 5.24. The Balaban J connectivity index is 1.99. The highest BCUT2D eigenvalue weighted by atomic mass is 32.2. The molecule has 10 heteroatoms. The standard InChI is InChI=1S/C24H29FN4O4S/c1-6-28(7-2)34(31,32)18-12-13-23(33-16(3)4)21(14-18)27-24(30)19-15-26-29(17(19)5)22-11-9-8-10-20(22)25/h8-16H,6-7H2,1-5H3,(H,27,30). The van der Waals surface area contributed by atoms with E-state index in [0.717, 1.165) is 0 Å². The summed E-state index contributed by atoms with van der Waals surface area (Å²) in [6, 6.07) is 10.5. The summed E-state index contributed by atoms with van der Waals surface area (Å²) in [4.78, 5) is 13.2. The molecule has 0 aliphatic rings. The SMILES string of the molecule is CCN(CC)S(=O)(=O)c1ccc(OC(C)C)c(NC(=O)c2cnn(-c3ccccc3F)c2C)c1. The summed E-state index contributed by atoms with van der Waals surface area (Å²) in [6.45, 7) is 9.47. The molecule has 1 N–H and O–H groups in total. The van der Waals surface area contributed by atoms with E-state index >= 15 is 0 Å². The molecule has 34 heavy (non-hydrogen) atoms. The predicted molar refractivity (Wildman–Crippen MR) is 129 cm³/mol. The number of ether oxygens (including phenoxy) is 1. The summed E-state index contributed by atoms with van der Waals surface area (Å²) >= 11 is 0. The van der Waals surface area contributed by atoms with E-state index in [4.69, 9.17) is 4.74 Å². The number of hydrogen-bond donors (Lipinski definition) is 1. The van der Waals surface area contributed by atoms with Crippen LogP contribution in [0.3, 0.4) is 0 Å². The molecule has 3 rings (SSSR count). The maximum Gasteiger partial charge on any atom is 0.259 e. The van der Waals surface area contributed by atoms with Crippen molar-refractivity contribution in [2.45, 2.75) is 45.6 Å². The Labute approximate surface area is 199 Å². The minimum absolute atomic E-state index is 0.0429. The van der Waals surface area contributed by atoms with Crippen molar-refractivity contribution >= 4 is 21.6 Å². The summed E-state index contributed by atoms with van der Waals surface area (Å²) in [7, 11) is -3.75. The van der Waals surface area contributed by atoms with E-state index in [1.54, 1.807) is 39.0 Å². The van der Waals surface area contributed by atoms with Gasteiger partial charge in [0.1, 0.15) is 17.3 Å². The van der Waals surface area contributed by atoms with Crippen molar-refractivity contribution in [3.8, 4) is 11.4 Å². The molecule has 1 aromatic heterocycles. The van der Waals surface area contributed by atoms with Gasteiger partial charge in [0.25, 0.3) is 5.91 Å². The Morgan fingerprint density at radius 1 is 1.18 bits per heavy atom. The number of benzene rings is 2. The monoisotopic (exact) mass is 488 g/mol. The molecule has 0 atom stereocenters. The highest BCUT2D eigenvalue weighted by Gasteiger charge is 2.24. The molecule has 182 valence electrons. The van der Waals surface area contributed by atoms with E-state index in [2.05, 4.69) is 10.4 Å². The van der Waals surface area contributed by atoms with Gasteiger partial charge in [0, 0.05) is 13.1 Å². The molecular weight excluding hydrogens is 459 g/mol. The largest absolute Gasteiger partial charge is 0.489 e. The third kappa shape index (κ3) is 5.13. The second-order valence-corrected chi connectivity index (χ2v) is 9.81. The van der Waals surface area contributed by atoms with E-state index < -0.39 is 21.7 Å². The molecule has 2 aromatic carbocycles. The lowest BCUT2D eigenvalue weighted by Gasteiger charge is -2.20. The molecule has 0 unspecified atom stereocenters. The van der Waals surface area contributed by atoms with Crippen LogP contribution >= 0.6 is 0 Å². The Morgan fingerprint density at radius 2 is 1.85 bits per heavy atom. The van der Waals surface area contributed by atoms with Crippen molar-refractivity contribution in [2.24, 2.45) is 0 Å². The van der Waals surface area contributed by atoms with Crippen LogP contribution in [-0.2, 0) is 10.0 Å². The van der Waals surface area contributed by atoms with E-state index in [1.807, 2.05) is 13.8 Å². The number of sulfonamides is 1. The lowest BCUT2D eigenvalue weighted by molar-refractivity contribution is 0.102. The second kappa shape index (κ2) is 10.4. The van der Waals surface area contributed by atoms with Crippen LogP contribution in [0.15, 0.2) is 53.6 Å². The molecule has 0 aliphatic carbocycles. The molecule has 1 amide bonds. The predicted octanol–water partition coefficient (Wildman–Crippen LogP) is 4.39. The molecule has 3 aromatic rings. The second-order valence-electron chi connectivity index (χ2n) is 7.87. The first kappa shape index (κ1) is 25.4. The van der Waals surface area contributed by atoms with Gasteiger partial charge in [-0.2, -0.15) is 9.40 Å². The molecule has 0 fully saturated rings. The quantitative estimate of drug-likeness (QED) is 0.482. The van der Waals surface area contributed by atoms with E-state index in [9.17, 15) is 17.6 Å². The number of amides is 1. The zero-order chi connectivity index (χ0) is 25.0. The number of anilines is 1. The number of carbonyl (C=O) groups is 1. The van der Waals surface area contributed by atoms with Crippen LogP contribution in [0.25, 0.3) is 5.69 Å². The van der Waals surface area contributed by atoms with Crippen LogP contribution in [0.2, 0.25) is 0 Å². The summed E-state index contributed by atoms with van der Waals surface area (Å²) in [5, 5.41) is 6.91. The maximum absolute atomic E-state index is 14.2. The summed E-state index contributed by atoms with van der Waals surface area (Å²) in [5.74, 6) is -0.658. The van der Waals surface area contributed by atoms with Gasteiger partial charge in [-0.25, -0.2) is 17.5 Å². The molecule has 0 saturated heterocycles. The van der Waals surface area contributed by atoms with E-state index in [-0.39, 0.29) is 27.9 Å². The molecule has 0 spiro atoms. The van der Waals surface area contributed by atoms with Crippen molar-refractivity contribution in [1.82, 2.24) is 14.1 Å². The summed E-state index contributed by atoms with van der Waals surface area (Å²) < 4.78 is 48.7. The number of halogens is 1. The molecular formula is C24H29FN4O4S. The van der Waals surface area contributed by atoms with Crippen molar-refractivity contribution in [3.05, 3.63) is 65.7 Å². The molecule has 1 heterocycles. The highest BCUT2D eigenvalue weighted by molar-refractivity contribution is 7.89. The van der Waals surface area contributed by atoms with Crippen LogP contribution in [0.5, 0.6) is 5.75 Å². The van der Waals surface area contributed by atoms with Crippen LogP contribution in [0.1, 0.15) is 43.7 Å². The van der Waals surface area contributed by atoms with Gasteiger partial charge in [-0.1, -0.05) is 26.0 Å². The van der Waals surface area contributed by atoms with Gasteiger partial charge in [0.05, 0.1) is 34.1 Å². The fraction of sp³-hybridized carbons (Fsp3) is 0.333. The van der Waals surface area contributed by atoms with Crippen LogP contribution in [-0.4, -0.2) is 47.6 Å². The minimum atomic E-state index is -3.75. The zero-order valence-corrected chi connectivity index (χ0v) is 20.7. The van der Waals surface area contributed by atoms with Gasteiger partial charge in [0.2, 0.25) is 10.0 Å². The zero-order valence-electron chi connectivity index (χ0n) is 19.9. The number of rotatable bonds is 9. The normalized spacial score (nSPS) is 11.8. The van der Waals surface area contributed by atoms with Crippen molar-refractivity contribution in [3.63, 3.8) is 0 Å². The summed E-state index contributed by atoms with van der Waals surface area (Å²) in [6.07, 6.45) is 1.14. The first-order valence-corrected chi connectivity index (χ1v) is 12.5. The Bertz CT molecular complexity index is 1280. The number of hydrogen-bond acceptors (Lipinski definition) is 5. The topological polar surface area (TPSA) is 93.5 Å². The highest BCUT2D eigenvalue weighted by Crippen LogP contribution is 2.31. The van der Waals surface area contributed by atoms with Gasteiger partial charge in [0.15, 0.2) is 0 Å². The molecule has 0 radical (unpaired) electrons. The van der Waals surface area contributed by atoms with Crippen molar-refractivity contribution < 1.29 is 22.3 Å². The molecule has 0 aliphatic heterocycles. The van der Waals surface area contributed by atoms with Gasteiger partial charge in [-0.05, 0) is 51.1 Å². The lowest BCUT2D eigenvalue weighted by atomic mass is 10.2. The first-order valence-electron chi connectivity index (χ1n) is 11.0. The molecule has 0 saturated carbocycles. The van der Waals surface area contributed by atoms with E-state index in [1.165, 1.54) is 39.4 Å². The third-order valence-corrected chi connectivity index (χ3v) is 7.29. The summed E-state index contributed by atoms with van der Waals surface area (Å²) in [5.41, 5.74) is 1.08. The average molecular weight is 489 g/mol. The number of para-hydroxylation sites is 1. The Morgan fingerprint density at radius 3 is 2.47 bits per heavy atom. The Hall–Kier alpha value is -3.24. The smallest absolute Gasteiger partial charge is 0.259 e. The minimum Gasteiger partial charge on any atom is -0.489 e. The Kier molecular flexibility index (Phi) is 7.73. The first-order chi connectivity index (χ1) is 16.1. The maximum atomic E-state index is 14.2. The average Bonchev–Trinajstić information content (AvgIpc) is 3.16. The van der Waals surface area contributed by atoms with Crippen molar-refractivity contribution in [2.75, 3.05) is 18.4 Å². The number of carbonyl (C=O) groups excluding carboxylic acids is 1. The fourth-order valence-corrected chi connectivity index (χ4v) is 5.01. The van der Waals surface area contributed by atoms with Crippen LogP contribution in [0, 0.1) is 12.7 Å². The van der Waals surface area contributed by atoms with E-state index in [0.29, 0.717) is 24.5 Å². The van der Waals surface area contributed by atoms with Crippen LogP contribution < -0.4 is 10.1 Å². The van der Waals surface area contributed by atoms with Crippen LogP contribution in [0.4, 0.5) is 10.1 Å². The van der Waals surface area contributed by atoms with Gasteiger partial charge < -0.3 is 10.1 Å². The molecule has 8 nitrogen and oxygen atoms in total. The van der Waals surface area contributed by atoms with Gasteiger partial charge in [-0.15, -0.1) is 0 Å². The lowest BCUT2D eigenvalue weighted by Crippen LogP contribution is -2.30. The number of nitrogens with zero attached hydrogens (tertiary/aromatic N) is 3. The number of nitrogens with one attached hydrogen (secondary N) is 1. The van der Waals surface area contributed by atoms with Crippen molar-refractivity contribution in [1.29, 1.82) is 0 Å².